The van der Waals surface area contributed by atoms with Gasteiger partial charge < -0.3 is 10.0 Å². The number of hydrogen-bond acceptors (Lipinski definition) is 2. The van der Waals surface area contributed by atoms with Crippen LogP contribution in [0.1, 0.15) is 32.8 Å². The Kier molecular flexibility index (Phi) is 3.83. The molecule has 104 valence electrons. The van der Waals surface area contributed by atoms with Crippen molar-refractivity contribution < 1.29 is 9.90 Å². The van der Waals surface area contributed by atoms with E-state index in [9.17, 15) is 9.90 Å². The highest BCUT2D eigenvalue weighted by atomic mass is 16.4. The van der Waals surface area contributed by atoms with Crippen LogP contribution in [0.5, 0.6) is 0 Å². The van der Waals surface area contributed by atoms with Crippen LogP contribution in [0.3, 0.4) is 0 Å². The summed E-state index contributed by atoms with van der Waals surface area (Å²) < 4.78 is 0. The molecule has 0 saturated heterocycles. The van der Waals surface area contributed by atoms with E-state index in [2.05, 4.69) is 30.0 Å². The molecule has 2 atom stereocenters. The van der Waals surface area contributed by atoms with Crippen molar-refractivity contribution in [1.29, 1.82) is 0 Å². The Bertz CT molecular complexity index is 472. The van der Waals surface area contributed by atoms with Crippen LogP contribution in [0.2, 0.25) is 0 Å². The minimum absolute atomic E-state index is 0.574. The van der Waals surface area contributed by atoms with E-state index in [1.165, 1.54) is 11.3 Å². The van der Waals surface area contributed by atoms with Crippen LogP contribution in [-0.2, 0) is 11.2 Å². The van der Waals surface area contributed by atoms with Gasteiger partial charge in [0.15, 0.2) is 0 Å². The Hall–Kier alpha value is -1.51. The maximum absolute atomic E-state index is 11.5. The largest absolute Gasteiger partial charge is 0.481 e. The number of hydrogen-bond donors (Lipinski definition) is 1. The lowest BCUT2D eigenvalue weighted by atomic mass is 9.85. The quantitative estimate of drug-likeness (QED) is 0.905. The van der Waals surface area contributed by atoms with Crippen LogP contribution in [0.4, 0.5) is 5.69 Å². The predicted octanol–water partition coefficient (Wildman–Crippen LogP) is 3.19. The first kappa shape index (κ1) is 13.9. The summed E-state index contributed by atoms with van der Waals surface area (Å²) in [6.07, 6.45) is 1.73. The van der Waals surface area contributed by atoms with Gasteiger partial charge in [-0.15, -0.1) is 0 Å². The fourth-order valence-electron chi connectivity index (χ4n) is 2.81. The molecule has 0 radical (unpaired) electrons. The number of carbonyl (C=O) groups is 1. The molecule has 0 aromatic heterocycles. The molecule has 1 aliphatic heterocycles. The number of nitrogens with zero attached hydrogens (tertiary/aromatic N) is 1. The van der Waals surface area contributed by atoms with Gasteiger partial charge in [-0.3, -0.25) is 4.79 Å². The third-order valence-corrected chi connectivity index (χ3v) is 4.27. The molecule has 0 bridgehead atoms. The standard InChI is InChI=1S/C16H23NO2/c1-4-16(3,15(18)19)11-17-10-12(2)9-13-7-5-6-8-14(13)17/h5-8,12H,4,9-11H2,1-3H3,(H,18,19). The van der Waals surface area contributed by atoms with Crippen LogP contribution in [-0.4, -0.2) is 24.2 Å². The molecular formula is C16H23NO2. The Labute approximate surface area is 115 Å². The van der Waals surface area contributed by atoms with Gasteiger partial charge in [0, 0.05) is 18.8 Å². The number of carboxylic acids is 1. The van der Waals surface area contributed by atoms with Gasteiger partial charge >= 0.3 is 5.97 Å². The second kappa shape index (κ2) is 5.24. The molecule has 3 nitrogen and oxygen atoms in total. The minimum atomic E-state index is -0.703. The van der Waals surface area contributed by atoms with Gasteiger partial charge in [0.25, 0.3) is 0 Å². The maximum Gasteiger partial charge on any atom is 0.311 e. The van der Waals surface area contributed by atoms with E-state index in [0.29, 0.717) is 18.9 Å². The summed E-state index contributed by atoms with van der Waals surface area (Å²) in [6, 6.07) is 8.36. The molecular weight excluding hydrogens is 238 g/mol. The molecule has 3 heteroatoms. The lowest BCUT2D eigenvalue weighted by Crippen LogP contribution is -2.44. The number of rotatable bonds is 4. The Balaban J connectivity index is 2.28. The molecule has 0 fully saturated rings. The molecule has 0 spiro atoms. The van der Waals surface area contributed by atoms with E-state index >= 15 is 0 Å². The number of para-hydroxylation sites is 1. The Morgan fingerprint density at radius 1 is 1.47 bits per heavy atom. The highest BCUT2D eigenvalue weighted by Crippen LogP contribution is 2.33. The number of anilines is 1. The summed E-state index contributed by atoms with van der Waals surface area (Å²) in [7, 11) is 0. The summed E-state index contributed by atoms with van der Waals surface area (Å²) in [4.78, 5) is 13.7. The van der Waals surface area contributed by atoms with Gasteiger partial charge in [0.1, 0.15) is 0 Å². The van der Waals surface area contributed by atoms with E-state index in [1.807, 2.05) is 19.9 Å². The van der Waals surface area contributed by atoms with Crippen LogP contribution < -0.4 is 4.90 Å². The van der Waals surface area contributed by atoms with Gasteiger partial charge in [-0.2, -0.15) is 0 Å². The zero-order valence-corrected chi connectivity index (χ0v) is 12.0. The second-order valence-corrected chi connectivity index (χ2v) is 6.04. The number of fused-ring (bicyclic) bond motifs is 1. The normalized spacial score (nSPS) is 21.6. The molecule has 1 aromatic carbocycles. The third kappa shape index (κ3) is 2.75. The molecule has 1 N–H and O–H groups in total. The van der Waals surface area contributed by atoms with Crippen molar-refractivity contribution in [1.82, 2.24) is 0 Å². The average Bonchev–Trinajstić information content (AvgIpc) is 2.38. The first-order valence-corrected chi connectivity index (χ1v) is 7.02. The molecule has 0 amide bonds. The molecule has 0 saturated carbocycles. The summed E-state index contributed by atoms with van der Waals surface area (Å²) in [5.74, 6) is -0.129. The van der Waals surface area contributed by atoms with Crippen LogP contribution in [0.15, 0.2) is 24.3 Å². The van der Waals surface area contributed by atoms with Crippen LogP contribution >= 0.6 is 0 Å². The first-order chi connectivity index (χ1) is 8.96. The van der Waals surface area contributed by atoms with Crippen molar-refractivity contribution in [3.05, 3.63) is 29.8 Å². The number of benzene rings is 1. The van der Waals surface area contributed by atoms with Gasteiger partial charge in [-0.25, -0.2) is 0 Å². The third-order valence-electron chi connectivity index (χ3n) is 4.27. The van der Waals surface area contributed by atoms with E-state index in [-0.39, 0.29) is 0 Å². The van der Waals surface area contributed by atoms with Gasteiger partial charge in [0.05, 0.1) is 5.41 Å². The summed E-state index contributed by atoms with van der Waals surface area (Å²) in [6.45, 7) is 7.55. The highest BCUT2D eigenvalue weighted by molar-refractivity contribution is 5.75. The lowest BCUT2D eigenvalue weighted by Gasteiger charge is -2.39. The van der Waals surface area contributed by atoms with Crippen LogP contribution in [0, 0.1) is 11.3 Å². The summed E-state index contributed by atoms with van der Waals surface area (Å²) in [5, 5.41) is 9.45. The Morgan fingerprint density at radius 2 is 2.16 bits per heavy atom. The van der Waals surface area contributed by atoms with E-state index in [4.69, 9.17) is 0 Å². The van der Waals surface area contributed by atoms with Crippen LogP contribution in [0.25, 0.3) is 0 Å². The fourth-order valence-corrected chi connectivity index (χ4v) is 2.81. The van der Waals surface area contributed by atoms with E-state index in [1.54, 1.807) is 0 Å². The van der Waals surface area contributed by atoms with Crippen molar-refractivity contribution in [3.8, 4) is 0 Å². The Morgan fingerprint density at radius 3 is 2.79 bits per heavy atom. The highest BCUT2D eigenvalue weighted by Gasteiger charge is 2.35. The van der Waals surface area contributed by atoms with Crippen molar-refractivity contribution in [3.63, 3.8) is 0 Å². The lowest BCUT2D eigenvalue weighted by molar-refractivity contribution is -0.147. The smallest absolute Gasteiger partial charge is 0.311 e. The average molecular weight is 261 g/mol. The molecule has 1 aliphatic rings. The first-order valence-electron chi connectivity index (χ1n) is 7.02. The zero-order valence-electron chi connectivity index (χ0n) is 12.0. The van der Waals surface area contributed by atoms with Gasteiger partial charge in [0.2, 0.25) is 0 Å². The molecule has 1 aromatic rings. The predicted molar refractivity (Wildman–Crippen MR) is 77.6 cm³/mol. The van der Waals surface area contributed by atoms with E-state index < -0.39 is 11.4 Å². The fraction of sp³-hybridized carbons (Fsp3) is 0.562. The number of carboxylic acid groups (broad SMARTS) is 1. The van der Waals surface area contributed by atoms with Crippen molar-refractivity contribution >= 4 is 11.7 Å². The van der Waals surface area contributed by atoms with Crippen molar-refractivity contribution in [2.24, 2.45) is 11.3 Å². The monoisotopic (exact) mass is 261 g/mol. The second-order valence-electron chi connectivity index (χ2n) is 6.04. The SMILES string of the molecule is CCC(C)(CN1CC(C)Cc2ccccc21)C(=O)O. The topological polar surface area (TPSA) is 40.5 Å². The molecule has 19 heavy (non-hydrogen) atoms. The summed E-state index contributed by atoms with van der Waals surface area (Å²) in [5.41, 5.74) is 1.87. The van der Waals surface area contributed by atoms with Crippen molar-refractivity contribution in [2.75, 3.05) is 18.0 Å². The maximum atomic E-state index is 11.5. The molecule has 1 heterocycles. The summed E-state index contributed by atoms with van der Waals surface area (Å²) >= 11 is 0. The minimum Gasteiger partial charge on any atom is -0.481 e. The molecule has 2 rings (SSSR count). The number of aliphatic carboxylic acids is 1. The molecule has 0 aliphatic carbocycles. The van der Waals surface area contributed by atoms with Crippen molar-refractivity contribution in [2.45, 2.75) is 33.6 Å². The van der Waals surface area contributed by atoms with Gasteiger partial charge in [-0.1, -0.05) is 32.0 Å². The van der Waals surface area contributed by atoms with Gasteiger partial charge in [-0.05, 0) is 37.3 Å². The molecule has 2 unspecified atom stereocenters. The zero-order chi connectivity index (χ0) is 14.0. The van der Waals surface area contributed by atoms with E-state index in [0.717, 1.165) is 13.0 Å².